The Morgan fingerprint density at radius 2 is 1.67 bits per heavy atom. The molecule has 0 unspecified atom stereocenters. The first kappa shape index (κ1) is 20.8. The van der Waals surface area contributed by atoms with E-state index in [2.05, 4.69) is 15.5 Å². The van der Waals surface area contributed by atoms with Crippen molar-refractivity contribution in [2.24, 2.45) is 4.99 Å². The number of amides is 2. The van der Waals surface area contributed by atoms with E-state index >= 15 is 0 Å². The summed E-state index contributed by atoms with van der Waals surface area (Å²) in [5, 5.41) is 5.73. The minimum absolute atomic E-state index is 0.345. The highest BCUT2D eigenvalue weighted by atomic mass is 16.5. The van der Waals surface area contributed by atoms with Gasteiger partial charge in [-0.05, 0) is 54.6 Å². The molecule has 2 amide bonds. The molecule has 1 fully saturated rings. The van der Waals surface area contributed by atoms with Crippen molar-refractivity contribution < 1.29 is 19.0 Å². The molecule has 2 N–H and O–H groups in total. The largest absolute Gasteiger partial charge is 0.497 e. The van der Waals surface area contributed by atoms with E-state index in [1.165, 1.54) is 0 Å². The number of hydrogen-bond donors (Lipinski definition) is 2. The number of nitrogens with one attached hydrogen (secondary N) is 2. The first-order valence-electron chi connectivity index (χ1n) is 10.7. The Kier molecular flexibility index (Phi) is 5.82. The second kappa shape index (κ2) is 9.22. The van der Waals surface area contributed by atoms with Crippen LogP contribution in [0.4, 0.5) is 21.9 Å². The van der Waals surface area contributed by atoms with Crippen molar-refractivity contribution in [3.05, 3.63) is 72.3 Å². The molecule has 2 heterocycles. The summed E-state index contributed by atoms with van der Waals surface area (Å²) < 4.78 is 16.9. The van der Waals surface area contributed by atoms with Crippen LogP contribution in [0.1, 0.15) is 5.56 Å². The number of methoxy groups -OCH3 is 1. The Bertz CT molecular complexity index is 1190. The Balaban J connectivity index is 1.42. The molecule has 33 heavy (non-hydrogen) atoms. The molecule has 2 aliphatic heterocycles. The number of morpholine rings is 1. The van der Waals surface area contributed by atoms with Gasteiger partial charge in [0.2, 0.25) is 0 Å². The molecule has 5 rings (SSSR count). The van der Waals surface area contributed by atoms with Gasteiger partial charge >= 0.3 is 6.03 Å². The van der Waals surface area contributed by atoms with Gasteiger partial charge in [0.05, 0.1) is 25.9 Å². The second-order valence-electron chi connectivity index (χ2n) is 7.62. The lowest BCUT2D eigenvalue weighted by molar-refractivity contribution is 0.0683. The standard InChI is InChI=1S/C25H24N4O4/c1-31-19-9-6-17(7-10-19)26-25(30)27-18-8-11-22-20(16-18)24(29-12-14-32-15-13-29)28-21-4-2-3-5-23(21)33-22/h2-11,16H,12-15H2,1H3,(H2,26,27,30). The van der Waals surface area contributed by atoms with E-state index in [1.54, 1.807) is 31.4 Å². The van der Waals surface area contributed by atoms with E-state index in [0.717, 1.165) is 35.9 Å². The summed E-state index contributed by atoms with van der Waals surface area (Å²) in [7, 11) is 1.60. The van der Waals surface area contributed by atoms with E-state index in [4.69, 9.17) is 19.2 Å². The van der Waals surface area contributed by atoms with Crippen LogP contribution in [0.2, 0.25) is 0 Å². The second-order valence-corrected chi connectivity index (χ2v) is 7.62. The number of carbonyl (C=O) groups is 1. The molecule has 0 radical (unpaired) electrons. The predicted molar refractivity (Wildman–Crippen MR) is 127 cm³/mol. The Labute approximate surface area is 191 Å². The van der Waals surface area contributed by atoms with Gasteiger partial charge in [-0.2, -0.15) is 0 Å². The van der Waals surface area contributed by atoms with Gasteiger partial charge in [0.25, 0.3) is 0 Å². The lowest BCUT2D eigenvalue weighted by Gasteiger charge is -2.30. The number of aliphatic imine (C=N–C) groups is 1. The lowest BCUT2D eigenvalue weighted by atomic mass is 10.1. The fraction of sp³-hybridized carbons (Fsp3) is 0.200. The lowest BCUT2D eigenvalue weighted by Crippen LogP contribution is -2.41. The first-order chi connectivity index (χ1) is 16.2. The molecule has 1 saturated heterocycles. The summed E-state index contributed by atoms with van der Waals surface area (Å²) in [4.78, 5) is 19.7. The van der Waals surface area contributed by atoms with Gasteiger partial charge in [-0.25, -0.2) is 9.79 Å². The van der Waals surface area contributed by atoms with Crippen LogP contribution in [0.3, 0.4) is 0 Å². The highest BCUT2D eigenvalue weighted by Crippen LogP contribution is 2.39. The number of hydrogen-bond acceptors (Lipinski definition) is 6. The summed E-state index contributed by atoms with van der Waals surface area (Å²) in [5.41, 5.74) is 2.88. The summed E-state index contributed by atoms with van der Waals surface area (Å²) in [6.07, 6.45) is 0. The maximum absolute atomic E-state index is 12.6. The zero-order chi connectivity index (χ0) is 22.6. The number of benzene rings is 3. The van der Waals surface area contributed by atoms with Crippen LogP contribution in [-0.4, -0.2) is 50.2 Å². The highest BCUT2D eigenvalue weighted by Gasteiger charge is 2.24. The van der Waals surface area contributed by atoms with Gasteiger partial charge in [-0.1, -0.05) is 12.1 Å². The van der Waals surface area contributed by atoms with Crippen LogP contribution in [0.5, 0.6) is 17.2 Å². The average Bonchev–Trinajstić information content (AvgIpc) is 3.01. The summed E-state index contributed by atoms with van der Waals surface area (Å²) in [5.74, 6) is 2.91. The van der Waals surface area contributed by atoms with Crippen molar-refractivity contribution >= 4 is 28.9 Å². The molecule has 3 aromatic rings. The van der Waals surface area contributed by atoms with Gasteiger partial charge in [-0.3, -0.25) is 0 Å². The quantitative estimate of drug-likeness (QED) is 0.603. The van der Waals surface area contributed by atoms with Crippen molar-refractivity contribution in [2.75, 3.05) is 44.0 Å². The molecule has 8 heteroatoms. The third-order valence-corrected chi connectivity index (χ3v) is 5.45. The van der Waals surface area contributed by atoms with Crippen molar-refractivity contribution in [1.82, 2.24) is 4.90 Å². The Hall–Kier alpha value is -4.04. The topological polar surface area (TPSA) is 84.4 Å². The molecular formula is C25H24N4O4. The average molecular weight is 444 g/mol. The van der Waals surface area contributed by atoms with E-state index < -0.39 is 0 Å². The number of nitrogens with zero attached hydrogens (tertiary/aromatic N) is 2. The molecule has 168 valence electrons. The maximum Gasteiger partial charge on any atom is 0.323 e. The molecule has 3 aromatic carbocycles. The molecule has 0 spiro atoms. The zero-order valence-corrected chi connectivity index (χ0v) is 18.2. The smallest absolute Gasteiger partial charge is 0.323 e. The molecule has 0 saturated carbocycles. The van der Waals surface area contributed by atoms with Crippen LogP contribution in [-0.2, 0) is 4.74 Å². The number of amidine groups is 1. The number of para-hydroxylation sites is 2. The summed E-state index contributed by atoms with van der Waals surface area (Å²) in [6, 6.07) is 20.1. The number of carbonyl (C=O) groups excluding carboxylic acids is 1. The molecule has 2 aliphatic rings. The van der Waals surface area contributed by atoms with Crippen molar-refractivity contribution in [1.29, 1.82) is 0 Å². The Morgan fingerprint density at radius 3 is 2.45 bits per heavy atom. The number of urea groups is 1. The predicted octanol–water partition coefficient (Wildman–Crippen LogP) is 4.86. The highest BCUT2D eigenvalue weighted by molar-refractivity contribution is 6.06. The zero-order valence-electron chi connectivity index (χ0n) is 18.2. The van der Waals surface area contributed by atoms with E-state index in [1.807, 2.05) is 42.5 Å². The van der Waals surface area contributed by atoms with Gasteiger partial charge in [0.1, 0.15) is 23.0 Å². The third kappa shape index (κ3) is 4.61. The van der Waals surface area contributed by atoms with E-state index in [-0.39, 0.29) is 6.03 Å². The SMILES string of the molecule is COc1ccc(NC(=O)Nc2ccc3c(c2)C(N2CCOCC2)=Nc2ccccc2O3)cc1. The number of ether oxygens (including phenoxy) is 3. The van der Waals surface area contributed by atoms with Crippen LogP contribution >= 0.6 is 0 Å². The molecule has 0 bridgehead atoms. The summed E-state index contributed by atoms with van der Waals surface area (Å²) >= 11 is 0. The molecule has 8 nitrogen and oxygen atoms in total. The molecule has 0 atom stereocenters. The molecule has 0 aliphatic carbocycles. The minimum atomic E-state index is -0.345. The van der Waals surface area contributed by atoms with Crippen molar-refractivity contribution in [3.8, 4) is 17.2 Å². The maximum atomic E-state index is 12.6. The van der Waals surface area contributed by atoms with E-state index in [0.29, 0.717) is 36.1 Å². The normalized spacial score (nSPS) is 14.7. The third-order valence-electron chi connectivity index (χ3n) is 5.45. The van der Waals surface area contributed by atoms with Gasteiger partial charge in [-0.15, -0.1) is 0 Å². The number of rotatable bonds is 3. The minimum Gasteiger partial charge on any atom is -0.497 e. The van der Waals surface area contributed by atoms with Crippen LogP contribution in [0.15, 0.2) is 71.7 Å². The van der Waals surface area contributed by atoms with Gasteiger partial charge in [0, 0.05) is 24.5 Å². The molecule has 0 aromatic heterocycles. The van der Waals surface area contributed by atoms with Crippen molar-refractivity contribution in [2.45, 2.75) is 0 Å². The molecular weight excluding hydrogens is 420 g/mol. The number of anilines is 2. The fourth-order valence-electron chi connectivity index (χ4n) is 3.78. The van der Waals surface area contributed by atoms with Crippen LogP contribution in [0.25, 0.3) is 0 Å². The van der Waals surface area contributed by atoms with Gasteiger partial charge in [0.15, 0.2) is 5.75 Å². The van der Waals surface area contributed by atoms with Crippen molar-refractivity contribution in [3.63, 3.8) is 0 Å². The Morgan fingerprint density at radius 1 is 0.939 bits per heavy atom. The van der Waals surface area contributed by atoms with Crippen LogP contribution in [0, 0.1) is 0 Å². The number of fused-ring (bicyclic) bond motifs is 2. The summed E-state index contributed by atoms with van der Waals surface area (Å²) in [6.45, 7) is 2.74. The first-order valence-corrected chi connectivity index (χ1v) is 10.7. The van der Waals surface area contributed by atoms with Gasteiger partial charge < -0.3 is 29.7 Å². The monoisotopic (exact) mass is 444 g/mol. The fourth-order valence-corrected chi connectivity index (χ4v) is 3.78. The van der Waals surface area contributed by atoms with E-state index in [9.17, 15) is 4.79 Å². The van der Waals surface area contributed by atoms with Crippen LogP contribution < -0.4 is 20.1 Å².